The van der Waals surface area contributed by atoms with E-state index in [0.29, 0.717) is 30.3 Å². The van der Waals surface area contributed by atoms with E-state index in [2.05, 4.69) is 5.32 Å². The molecule has 0 aromatic heterocycles. The number of carbonyl (C=O) groups is 2. The maximum Gasteiger partial charge on any atom is 0.325 e. The Hall–Kier alpha value is -3.62. The standard InChI is InChI=1S/C19H17N3O6/c1-19(13-6-7-15-16(10-13)28-9-8-27-15)17(23)21(18(24)20-19)11-12-4-2-3-5-14(12)22(25)26/h2-7,10H,8-9,11H2,1H3,(H,20,24)/t19-/m0/s1. The number of nitro groups is 1. The minimum Gasteiger partial charge on any atom is -0.486 e. The van der Waals surface area contributed by atoms with Gasteiger partial charge in [0.1, 0.15) is 18.8 Å². The minimum absolute atomic E-state index is 0.143. The average Bonchev–Trinajstić information content (AvgIpc) is 2.92. The number of nitro benzene ring substituents is 1. The molecular formula is C19H17N3O6. The lowest BCUT2D eigenvalue weighted by molar-refractivity contribution is -0.385. The predicted octanol–water partition coefficient (Wildman–Crippen LogP) is 2.33. The second kappa shape index (κ2) is 6.52. The molecule has 9 nitrogen and oxygen atoms in total. The molecule has 144 valence electrons. The van der Waals surface area contributed by atoms with Crippen LogP contribution in [0.3, 0.4) is 0 Å². The lowest BCUT2D eigenvalue weighted by Gasteiger charge is -2.25. The van der Waals surface area contributed by atoms with Crippen LogP contribution in [-0.4, -0.2) is 35.0 Å². The molecule has 1 saturated heterocycles. The van der Waals surface area contributed by atoms with Gasteiger partial charge in [0.05, 0.1) is 11.5 Å². The molecule has 0 unspecified atom stereocenters. The lowest BCUT2D eigenvalue weighted by atomic mass is 9.91. The number of nitrogens with zero attached hydrogens (tertiary/aromatic N) is 2. The molecule has 0 radical (unpaired) electrons. The van der Waals surface area contributed by atoms with Gasteiger partial charge in [0.2, 0.25) is 0 Å². The molecule has 1 N–H and O–H groups in total. The zero-order valence-corrected chi connectivity index (χ0v) is 15.0. The van der Waals surface area contributed by atoms with Crippen molar-refractivity contribution in [3.8, 4) is 11.5 Å². The highest BCUT2D eigenvalue weighted by molar-refractivity contribution is 6.07. The van der Waals surface area contributed by atoms with Crippen molar-refractivity contribution >= 4 is 17.6 Å². The SMILES string of the molecule is C[C@@]1(c2ccc3c(c2)OCCO3)NC(=O)N(Cc2ccccc2[N+](=O)[O-])C1=O. The van der Waals surface area contributed by atoms with Crippen molar-refractivity contribution in [2.24, 2.45) is 0 Å². The first-order valence-electron chi connectivity index (χ1n) is 8.66. The van der Waals surface area contributed by atoms with E-state index in [1.807, 2.05) is 0 Å². The van der Waals surface area contributed by atoms with Gasteiger partial charge in [-0.05, 0) is 24.6 Å². The van der Waals surface area contributed by atoms with Crippen LogP contribution in [0.15, 0.2) is 42.5 Å². The van der Waals surface area contributed by atoms with Crippen LogP contribution in [0.25, 0.3) is 0 Å². The molecular weight excluding hydrogens is 366 g/mol. The predicted molar refractivity (Wildman–Crippen MR) is 97.0 cm³/mol. The molecule has 9 heteroatoms. The van der Waals surface area contributed by atoms with Gasteiger partial charge in [-0.2, -0.15) is 0 Å². The normalized spacial score (nSPS) is 20.8. The van der Waals surface area contributed by atoms with E-state index in [0.717, 1.165) is 4.90 Å². The third-order valence-corrected chi connectivity index (χ3v) is 4.91. The molecule has 3 amide bonds. The van der Waals surface area contributed by atoms with E-state index in [9.17, 15) is 19.7 Å². The smallest absolute Gasteiger partial charge is 0.325 e. The van der Waals surface area contributed by atoms with Crippen LogP contribution in [-0.2, 0) is 16.9 Å². The Labute approximate surface area is 160 Å². The molecule has 2 aromatic rings. The van der Waals surface area contributed by atoms with Gasteiger partial charge in [-0.3, -0.25) is 19.8 Å². The number of carbonyl (C=O) groups excluding carboxylic acids is 2. The molecule has 1 atom stereocenters. The number of ether oxygens (including phenoxy) is 2. The van der Waals surface area contributed by atoms with E-state index in [1.54, 1.807) is 31.2 Å². The quantitative estimate of drug-likeness (QED) is 0.493. The van der Waals surface area contributed by atoms with Gasteiger partial charge < -0.3 is 14.8 Å². The molecule has 2 aromatic carbocycles. The zero-order valence-electron chi connectivity index (χ0n) is 15.0. The van der Waals surface area contributed by atoms with Crippen LogP contribution in [0, 0.1) is 10.1 Å². The summed E-state index contributed by atoms with van der Waals surface area (Å²) in [5.41, 5.74) is -0.630. The third-order valence-electron chi connectivity index (χ3n) is 4.91. The third kappa shape index (κ3) is 2.81. The largest absolute Gasteiger partial charge is 0.486 e. The van der Waals surface area contributed by atoms with Crippen molar-refractivity contribution in [1.29, 1.82) is 0 Å². The van der Waals surface area contributed by atoms with Gasteiger partial charge in [0, 0.05) is 11.6 Å². The average molecular weight is 383 g/mol. The maximum atomic E-state index is 13.1. The molecule has 2 aliphatic heterocycles. The first-order chi connectivity index (χ1) is 13.4. The minimum atomic E-state index is -1.31. The van der Waals surface area contributed by atoms with Crippen molar-refractivity contribution in [3.05, 3.63) is 63.7 Å². The highest BCUT2D eigenvalue weighted by Crippen LogP contribution is 2.37. The molecule has 28 heavy (non-hydrogen) atoms. The second-order valence-electron chi connectivity index (χ2n) is 6.69. The van der Waals surface area contributed by atoms with Gasteiger partial charge in [-0.15, -0.1) is 0 Å². The van der Waals surface area contributed by atoms with Crippen LogP contribution in [0.1, 0.15) is 18.1 Å². The van der Waals surface area contributed by atoms with Crippen LogP contribution >= 0.6 is 0 Å². The van der Waals surface area contributed by atoms with Crippen molar-refractivity contribution in [2.45, 2.75) is 19.0 Å². The van der Waals surface area contributed by atoms with E-state index in [-0.39, 0.29) is 17.8 Å². The van der Waals surface area contributed by atoms with Crippen LogP contribution in [0.4, 0.5) is 10.5 Å². The highest BCUT2D eigenvalue weighted by Gasteiger charge is 2.49. The van der Waals surface area contributed by atoms with Crippen LogP contribution in [0.2, 0.25) is 0 Å². The monoisotopic (exact) mass is 383 g/mol. The Morgan fingerprint density at radius 2 is 1.86 bits per heavy atom. The topological polar surface area (TPSA) is 111 Å². The van der Waals surface area contributed by atoms with Crippen LogP contribution in [0.5, 0.6) is 11.5 Å². The van der Waals surface area contributed by atoms with Crippen molar-refractivity contribution in [3.63, 3.8) is 0 Å². The van der Waals surface area contributed by atoms with E-state index < -0.39 is 22.4 Å². The number of imide groups is 1. The van der Waals surface area contributed by atoms with Crippen LogP contribution < -0.4 is 14.8 Å². The van der Waals surface area contributed by atoms with Crippen molar-refractivity contribution < 1.29 is 24.0 Å². The van der Waals surface area contributed by atoms with Gasteiger partial charge >= 0.3 is 6.03 Å². The molecule has 1 fully saturated rings. The van der Waals surface area contributed by atoms with Crippen molar-refractivity contribution in [2.75, 3.05) is 13.2 Å². The summed E-state index contributed by atoms with van der Waals surface area (Å²) in [4.78, 5) is 37.3. The number of para-hydroxylation sites is 1. The fraction of sp³-hybridized carbons (Fsp3) is 0.263. The van der Waals surface area contributed by atoms with Gasteiger partial charge in [0.25, 0.3) is 11.6 Å². The summed E-state index contributed by atoms with van der Waals surface area (Å²) >= 11 is 0. The summed E-state index contributed by atoms with van der Waals surface area (Å²) < 4.78 is 11.0. The first kappa shape index (κ1) is 17.8. The number of rotatable bonds is 4. The molecule has 0 saturated carbocycles. The number of hydrogen-bond donors (Lipinski definition) is 1. The molecule has 0 bridgehead atoms. The Balaban J connectivity index is 1.65. The fourth-order valence-corrected chi connectivity index (χ4v) is 3.38. The summed E-state index contributed by atoms with van der Waals surface area (Å²) in [6, 6.07) is 10.5. The molecule has 0 spiro atoms. The Bertz CT molecular complexity index is 991. The summed E-state index contributed by atoms with van der Waals surface area (Å²) in [6.45, 7) is 2.25. The number of benzene rings is 2. The first-order valence-corrected chi connectivity index (χ1v) is 8.66. The van der Waals surface area contributed by atoms with E-state index in [4.69, 9.17) is 9.47 Å². The summed E-state index contributed by atoms with van der Waals surface area (Å²) in [6.07, 6.45) is 0. The zero-order chi connectivity index (χ0) is 19.9. The molecule has 0 aliphatic carbocycles. The lowest BCUT2D eigenvalue weighted by Crippen LogP contribution is -2.41. The maximum absolute atomic E-state index is 13.1. The summed E-state index contributed by atoms with van der Waals surface area (Å²) in [5, 5.41) is 13.9. The number of amides is 3. The second-order valence-corrected chi connectivity index (χ2v) is 6.69. The number of nitrogens with one attached hydrogen (secondary N) is 1. The van der Waals surface area contributed by atoms with E-state index in [1.165, 1.54) is 18.2 Å². The molecule has 2 aliphatic rings. The van der Waals surface area contributed by atoms with Gasteiger partial charge in [-0.1, -0.05) is 24.3 Å². The number of fused-ring (bicyclic) bond motifs is 1. The Kier molecular flexibility index (Phi) is 4.14. The highest BCUT2D eigenvalue weighted by atomic mass is 16.6. The number of hydrogen-bond acceptors (Lipinski definition) is 6. The Morgan fingerprint density at radius 1 is 1.14 bits per heavy atom. The van der Waals surface area contributed by atoms with Crippen molar-refractivity contribution in [1.82, 2.24) is 10.2 Å². The molecule has 2 heterocycles. The summed E-state index contributed by atoms with van der Waals surface area (Å²) in [7, 11) is 0. The Morgan fingerprint density at radius 3 is 2.61 bits per heavy atom. The summed E-state index contributed by atoms with van der Waals surface area (Å²) in [5.74, 6) is 0.587. The van der Waals surface area contributed by atoms with E-state index >= 15 is 0 Å². The number of urea groups is 1. The van der Waals surface area contributed by atoms with Gasteiger partial charge in [0.15, 0.2) is 11.5 Å². The fourth-order valence-electron chi connectivity index (χ4n) is 3.38. The van der Waals surface area contributed by atoms with Gasteiger partial charge in [-0.25, -0.2) is 4.79 Å². The molecule has 4 rings (SSSR count).